The van der Waals surface area contributed by atoms with Gasteiger partial charge >= 0.3 is 0 Å². The van der Waals surface area contributed by atoms with E-state index in [1.165, 1.54) is 77.0 Å². The van der Waals surface area contributed by atoms with Crippen molar-refractivity contribution < 1.29 is 0 Å². The lowest BCUT2D eigenvalue weighted by Gasteiger charge is -2.42. The standard InChI is InChI=1S/C21H42P2/c1-20(2)15-11-7-5-9-13-17-22(20)19-23-18-14-10-6-8-12-16-21(23,3)4/h5-19H2,1-4H3. The second-order valence-corrected chi connectivity index (χ2v) is 15.9. The summed E-state index contributed by atoms with van der Waals surface area (Å²) in [6.45, 7) is 10.5. The molecule has 0 aromatic heterocycles. The van der Waals surface area contributed by atoms with E-state index in [0.717, 1.165) is 0 Å². The van der Waals surface area contributed by atoms with Crippen LogP contribution in [0.4, 0.5) is 0 Å². The molecule has 2 aliphatic heterocycles. The molecule has 0 nitrogen and oxygen atoms in total. The number of rotatable bonds is 2. The topological polar surface area (TPSA) is 0 Å². The monoisotopic (exact) mass is 356 g/mol. The van der Waals surface area contributed by atoms with Crippen LogP contribution >= 0.6 is 15.8 Å². The molecule has 0 spiro atoms. The molecule has 2 unspecified atom stereocenters. The van der Waals surface area contributed by atoms with Crippen molar-refractivity contribution in [2.24, 2.45) is 0 Å². The highest BCUT2D eigenvalue weighted by atomic mass is 31.2. The van der Waals surface area contributed by atoms with Gasteiger partial charge in [0.15, 0.2) is 0 Å². The summed E-state index contributed by atoms with van der Waals surface area (Å²) in [5, 5.41) is 1.30. The molecule has 0 radical (unpaired) electrons. The molecular weight excluding hydrogens is 314 g/mol. The molecule has 2 rings (SSSR count). The van der Waals surface area contributed by atoms with Crippen LogP contribution in [0.25, 0.3) is 0 Å². The van der Waals surface area contributed by atoms with Crippen LogP contribution in [0, 0.1) is 0 Å². The molecule has 0 aliphatic carbocycles. The Balaban J connectivity index is 2.06. The molecule has 23 heavy (non-hydrogen) atoms. The van der Waals surface area contributed by atoms with Crippen LogP contribution in [0.1, 0.15) is 105 Å². The third kappa shape index (κ3) is 6.59. The zero-order valence-corrected chi connectivity index (χ0v) is 18.3. The summed E-state index contributed by atoms with van der Waals surface area (Å²) in [6, 6.07) is 0. The molecule has 0 N–H and O–H groups in total. The van der Waals surface area contributed by atoms with E-state index in [2.05, 4.69) is 27.7 Å². The van der Waals surface area contributed by atoms with Crippen LogP contribution in [-0.4, -0.2) is 28.5 Å². The molecule has 0 saturated carbocycles. The fraction of sp³-hybridized carbons (Fsp3) is 1.00. The van der Waals surface area contributed by atoms with Gasteiger partial charge in [0.2, 0.25) is 0 Å². The summed E-state index contributed by atoms with van der Waals surface area (Å²) in [4.78, 5) is 0. The van der Waals surface area contributed by atoms with Crippen molar-refractivity contribution in [1.29, 1.82) is 0 Å². The molecular formula is C21H42P2. The predicted molar refractivity (Wildman–Crippen MR) is 112 cm³/mol. The van der Waals surface area contributed by atoms with Crippen molar-refractivity contribution in [3.8, 4) is 0 Å². The van der Waals surface area contributed by atoms with Crippen LogP contribution < -0.4 is 0 Å². The molecule has 2 atom stereocenters. The average molecular weight is 357 g/mol. The van der Waals surface area contributed by atoms with E-state index in [4.69, 9.17) is 0 Å². The van der Waals surface area contributed by atoms with Gasteiger partial charge in [0, 0.05) is 0 Å². The maximum Gasteiger partial charge on any atom is -0.0111 e. The van der Waals surface area contributed by atoms with Crippen molar-refractivity contribution in [3.63, 3.8) is 0 Å². The molecule has 136 valence electrons. The summed E-state index contributed by atoms with van der Waals surface area (Å²) in [5.74, 6) is 1.64. The highest BCUT2D eigenvalue weighted by Crippen LogP contribution is 2.65. The van der Waals surface area contributed by atoms with Gasteiger partial charge in [0.1, 0.15) is 0 Å². The lowest BCUT2D eigenvalue weighted by molar-refractivity contribution is 0.553. The first-order valence-electron chi connectivity index (χ1n) is 10.4. The highest BCUT2D eigenvalue weighted by Gasteiger charge is 2.35. The van der Waals surface area contributed by atoms with E-state index < -0.39 is 0 Å². The van der Waals surface area contributed by atoms with Gasteiger partial charge in [-0.25, -0.2) is 0 Å². The quantitative estimate of drug-likeness (QED) is 0.438. The summed E-state index contributed by atoms with van der Waals surface area (Å²) >= 11 is 0. The van der Waals surface area contributed by atoms with E-state index >= 15 is 0 Å². The van der Waals surface area contributed by atoms with E-state index in [-0.39, 0.29) is 15.8 Å². The van der Waals surface area contributed by atoms with Gasteiger partial charge in [0.05, 0.1) is 0 Å². The number of hydrogen-bond donors (Lipinski definition) is 0. The van der Waals surface area contributed by atoms with Crippen LogP contribution in [0.2, 0.25) is 0 Å². The average Bonchev–Trinajstić information content (AvgIpc) is 2.61. The van der Waals surface area contributed by atoms with Gasteiger partial charge in [-0.2, -0.15) is 0 Å². The summed E-state index contributed by atoms with van der Waals surface area (Å²) in [5.41, 5.74) is 0. The zero-order chi connectivity index (χ0) is 16.8. The van der Waals surface area contributed by atoms with Crippen LogP contribution in [-0.2, 0) is 0 Å². The SMILES string of the molecule is CC1(C)CCCCCCCP1CP1CCCCCCCC1(C)C. The van der Waals surface area contributed by atoms with Crippen molar-refractivity contribution in [2.75, 3.05) is 18.2 Å². The normalized spacial score (nSPS) is 33.4. The lowest BCUT2D eigenvalue weighted by atomic mass is 10.0. The Hall–Kier alpha value is 0.860. The molecule has 0 aromatic rings. The Morgan fingerprint density at radius 1 is 0.522 bits per heavy atom. The first-order chi connectivity index (χ1) is 10.9. The fourth-order valence-electron chi connectivity index (χ4n) is 4.43. The van der Waals surface area contributed by atoms with Gasteiger partial charge in [-0.15, -0.1) is 0 Å². The molecule has 0 aromatic carbocycles. The lowest BCUT2D eigenvalue weighted by Crippen LogP contribution is -2.25. The molecule has 2 aliphatic rings. The minimum Gasteiger partial charge on any atom is -0.0965 e. The molecule has 2 saturated heterocycles. The minimum absolute atomic E-state index is 0.243. The third-order valence-corrected chi connectivity index (χ3v) is 14.8. The first-order valence-corrected chi connectivity index (χ1v) is 13.8. The second-order valence-electron chi connectivity index (χ2n) is 9.33. The van der Waals surface area contributed by atoms with Crippen molar-refractivity contribution >= 4 is 15.8 Å². The predicted octanol–water partition coefficient (Wildman–Crippen LogP) is 8.17. The Bertz CT molecular complexity index is 303. The van der Waals surface area contributed by atoms with Gasteiger partial charge in [0.25, 0.3) is 0 Å². The van der Waals surface area contributed by atoms with Gasteiger partial charge in [-0.1, -0.05) is 94.9 Å². The molecule has 2 heterocycles. The van der Waals surface area contributed by atoms with Crippen molar-refractivity contribution in [2.45, 2.75) is 115 Å². The maximum absolute atomic E-state index is 2.63. The summed E-state index contributed by atoms with van der Waals surface area (Å²) < 4.78 is 0. The molecule has 2 heteroatoms. The second kappa shape index (κ2) is 9.53. The largest absolute Gasteiger partial charge is 0.0965 e. The Kier molecular flexibility index (Phi) is 8.36. The Labute approximate surface area is 149 Å². The molecule has 2 fully saturated rings. The maximum atomic E-state index is 2.63. The van der Waals surface area contributed by atoms with E-state index in [1.54, 1.807) is 18.2 Å². The van der Waals surface area contributed by atoms with Crippen molar-refractivity contribution in [3.05, 3.63) is 0 Å². The van der Waals surface area contributed by atoms with Gasteiger partial charge < -0.3 is 0 Å². The van der Waals surface area contributed by atoms with E-state index in [0.29, 0.717) is 10.3 Å². The first kappa shape index (κ1) is 20.2. The molecule has 0 bridgehead atoms. The highest BCUT2D eigenvalue weighted by molar-refractivity contribution is 7.76. The van der Waals surface area contributed by atoms with Crippen LogP contribution in [0.5, 0.6) is 0 Å². The van der Waals surface area contributed by atoms with Crippen LogP contribution in [0.15, 0.2) is 0 Å². The van der Waals surface area contributed by atoms with Crippen molar-refractivity contribution in [1.82, 2.24) is 0 Å². The minimum atomic E-state index is 0.243. The Morgan fingerprint density at radius 3 is 1.30 bits per heavy atom. The van der Waals surface area contributed by atoms with Crippen LogP contribution in [0.3, 0.4) is 0 Å². The zero-order valence-electron chi connectivity index (χ0n) is 16.5. The van der Waals surface area contributed by atoms with E-state index in [1.807, 2.05) is 0 Å². The summed E-state index contributed by atoms with van der Waals surface area (Å²) in [6.07, 6.45) is 21.2. The van der Waals surface area contributed by atoms with Gasteiger partial charge in [-0.3, -0.25) is 0 Å². The smallest absolute Gasteiger partial charge is 0.0111 e. The van der Waals surface area contributed by atoms with Gasteiger partial charge in [-0.05, 0) is 54.2 Å². The third-order valence-electron chi connectivity index (χ3n) is 6.49. The molecule has 0 amide bonds. The fourth-order valence-corrected chi connectivity index (χ4v) is 13.6. The van der Waals surface area contributed by atoms with E-state index in [9.17, 15) is 0 Å². The number of hydrogen-bond acceptors (Lipinski definition) is 0. The summed E-state index contributed by atoms with van der Waals surface area (Å²) in [7, 11) is 0.485. The Morgan fingerprint density at radius 2 is 0.870 bits per heavy atom.